The van der Waals surface area contributed by atoms with Crippen LogP contribution in [0.5, 0.6) is 0 Å². The van der Waals surface area contributed by atoms with Crippen molar-refractivity contribution in [3.63, 3.8) is 0 Å². The van der Waals surface area contributed by atoms with E-state index >= 15 is 0 Å². The van der Waals surface area contributed by atoms with E-state index in [9.17, 15) is 4.79 Å². The summed E-state index contributed by atoms with van der Waals surface area (Å²) in [6, 6.07) is 5.11. The van der Waals surface area contributed by atoms with Gasteiger partial charge in [-0.2, -0.15) is 0 Å². The topological polar surface area (TPSA) is 55.1 Å². The highest BCUT2D eigenvalue weighted by Gasteiger charge is 2.18. The normalized spacial score (nSPS) is 12.0. The van der Waals surface area contributed by atoms with Gasteiger partial charge in [0.15, 0.2) is 0 Å². The second-order valence-corrected chi connectivity index (χ2v) is 6.02. The SMILES string of the molecule is CCn1c(CC(C)(C)C)nc2ccc(C(=O)O)cc21. The molecule has 0 saturated heterocycles. The van der Waals surface area contributed by atoms with Crippen molar-refractivity contribution in [2.75, 3.05) is 0 Å². The Morgan fingerprint density at radius 3 is 2.58 bits per heavy atom. The molecule has 0 atom stereocenters. The van der Waals surface area contributed by atoms with Gasteiger partial charge in [0, 0.05) is 13.0 Å². The lowest BCUT2D eigenvalue weighted by Crippen LogP contribution is -2.14. The first-order chi connectivity index (χ1) is 8.81. The number of aryl methyl sites for hydroxylation is 1. The number of rotatable bonds is 3. The van der Waals surface area contributed by atoms with Gasteiger partial charge in [0.1, 0.15) is 5.82 Å². The van der Waals surface area contributed by atoms with Crippen molar-refractivity contribution in [3.8, 4) is 0 Å². The average molecular weight is 260 g/mol. The molecule has 2 aromatic rings. The van der Waals surface area contributed by atoms with Gasteiger partial charge in [-0.15, -0.1) is 0 Å². The van der Waals surface area contributed by atoms with Gasteiger partial charge in [0.05, 0.1) is 16.6 Å². The third-order valence-electron chi connectivity index (χ3n) is 3.08. The molecular formula is C15H20N2O2. The summed E-state index contributed by atoms with van der Waals surface area (Å²) in [4.78, 5) is 15.7. The monoisotopic (exact) mass is 260 g/mol. The van der Waals surface area contributed by atoms with Crippen molar-refractivity contribution in [2.24, 2.45) is 5.41 Å². The Hall–Kier alpha value is -1.84. The molecule has 0 aliphatic rings. The van der Waals surface area contributed by atoms with Gasteiger partial charge in [-0.1, -0.05) is 20.8 Å². The zero-order valence-corrected chi connectivity index (χ0v) is 11.9. The van der Waals surface area contributed by atoms with E-state index in [1.54, 1.807) is 18.2 Å². The standard InChI is InChI=1S/C15H20N2O2/c1-5-17-12-8-10(14(18)19)6-7-11(12)16-13(17)9-15(2,3)4/h6-8H,5,9H2,1-4H3,(H,18,19). The van der Waals surface area contributed by atoms with Crippen LogP contribution >= 0.6 is 0 Å². The summed E-state index contributed by atoms with van der Waals surface area (Å²) >= 11 is 0. The molecule has 19 heavy (non-hydrogen) atoms. The van der Waals surface area contributed by atoms with Gasteiger partial charge in [-0.3, -0.25) is 0 Å². The second kappa shape index (κ2) is 4.68. The van der Waals surface area contributed by atoms with Gasteiger partial charge in [-0.25, -0.2) is 9.78 Å². The highest BCUT2D eigenvalue weighted by molar-refractivity contribution is 5.92. The predicted octanol–water partition coefficient (Wildman–Crippen LogP) is 3.34. The van der Waals surface area contributed by atoms with Crippen LogP contribution in [-0.2, 0) is 13.0 Å². The Bertz CT molecular complexity index is 621. The molecule has 4 heteroatoms. The molecule has 0 aliphatic heterocycles. The minimum atomic E-state index is -0.900. The number of imidazole rings is 1. The van der Waals surface area contributed by atoms with E-state index in [0.29, 0.717) is 5.56 Å². The smallest absolute Gasteiger partial charge is 0.335 e. The van der Waals surface area contributed by atoms with Crippen LogP contribution in [0.1, 0.15) is 43.9 Å². The van der Waals surface area contributed by atoms with Gasteiger partial charge in [0.25, 0.3) is 0 Å². The van der Waals surface area contributed by atoms with E-state index in [2.05, 4.69) is 37.2 Å². The first-order valence-electron chi connectivity index (χ1n) is 6.54. The minimum Gasteiger partial charge on any atom is -0.478 e. The van der Waals surface area contributed by atoms with E-state index in [1.165, 1.54) is 0 Å². The van der Waals surface area contributed by atoms with E-state index in [0.717, 1.165) is 29.8 Å². The first-order valence-corrected chi connectivity index (χ1v) is 6.54. The number of hydrogen-bond donors (Lipinski definition) is 1. The molecule has 0 radical (unpaired) electrons. The molecule has 0 amide bonds. The largest absolute Gasteiger partial charge is 0.478 e. The maximum Gasteiger partial charge on any atom is 0.335 e. The fourth-order valence-electron chi connectivity index (χ4n) is 2.27. The van der Waals surface area contributed by atoms with Crippen LogP contribution in [0.3, 0.4) is 0 Å². The number of carboxylic acid groups (broad SMARTS) is 1. The first kappa shape index (κ1) is 13.6. The number of carbonyl (C=O) groups is 1. The number of aromatic nitrogens is 2. The Labute approximate surface area is 113 Å². The number of fused-ring (bicyclic) bond motifs is 1. The third-order valence-corrected chi connectivity index (χ3v) is 3.08. The summed E-state index contributed by atoms with van der Waals surface area (Å²) in [6.07, 6.45) is 0.873. The van der Waals surface area contributed by atoms with Crippen LogP contribution in [0.4, 0.5) is 0 Å². The minimum absolute atomic E-state index is 0.157. The zero-order valence-electron chi connectivity index (χ0n) is 11.9. The lowest BCUT2D eigenvalue weighted by atomic mass is 9.92. The average Bonchev–Trinajstić information content (AvgIpc) is 2.62. The van der Waals surface area contributed by atoms with Crippen molar-refractivity contribution < 1.29 is 9.90 Å². The van der Waals surface area contributed by atoms with E-state index in [4.69, 9.17) is 5.11 Å². The van der Waals surface area contributed by atoms with Crippen molar-refractivity contribution >= 4 is 17.0 Å². The molecule has 2 rings (SSSR count). The maximum absolute atomic E-state index is 11.1. The second-order valence-electron chi connectivity index (χ2n) is 6.02. The number of carboxylic acids is 1. The molecule has 0 spiro atoms. The van der Waals surface area contributed by atoms with Crippen LogP contribution in [0.25, 0.3) is 11.0 Å². The van der Waals surface area contributed by atoms with E-state index in [-0.39, 0.29) is 5.41 Å². The predicted molar refractivity (Wildman–Crippen MR) is 75.5 cm³/mol. The van der Waals surface area contributed by atoms with Crippen molar-refractivity contribution in [1.82, 2.24) is 9.55 Å². The number of aromatic carboxylic acids is 1. The van der Waals surface area contributed by atoms with Crippen molar-refractivity contribution in [3.05, 3.63) is 29.6 Å². The quantitative estimate of drug-likeness (QED) is 0.920. The highest BCUT2D eigenvalue weighted by Crippen LogP contribution is 2.24. The van der Waals surface area contributed by atoms with Crippen LogP contribution in [0.2, 0.25) is 0 Å². The lowest BCUT2D eigenvalue weighted by Gasteiger charge is -2.18. The Balaban J connectivity index is 2.58. The summed E-state index contributed by atoms with van der Waals surface area (Å²) in [6.45, 7) is 9.38. The Morgan fingerprint density at radius 2 is 2.05 bits per heavy atom. The van der Waals surface area contributed by atoms with Gasteiger partial charge < -0.3 is 9.67 Å². The summed E-state index contributed by atoms with van der Waals surface area (Å²) in [7, 11) is 0. The van der Waals surface area contributed by atoms with Crippen LogP contribution in [0, 0.1) is 5.41 Å². The van der Waals surface area contributed by atoms with Crippen LogP contribution in [0.15, 0.2) is 18.2 Å². The molecule has 0 unspecified atom stereocenters. The number of nitrogens with zero attached hydrogens (tertiary/aromatic N) is 2. The molecule has 0 bridgehead atoms. The van der Waals surface area contributed by atoms with Gasteiger partial charge >= 0.3 is 5.97 Å². The van der Waals surface area contributed by atoms with E-state index < -0.39 is 5.97 Å². The number of hydrogen-bond acceptors (Lipinski definition) is 2. The molecule has 4 nitrogen and oxygen atoms in total. The van der Waals surface area contributed by atoms with Crippen LogP contribution < -0.4 is 0 Å². The Morgan fingerprint density at radius 1 is 1.37 bits per heavy atom. The molecule has 1 aromatic carbocycles. The number of benzene rings is 1. The highest BCUT2D eigenvalue weighted by atomic mass is 16.4. The molecule has 1 heterocycles. The van der Waals surface area contributed by atoms with E-state index in [1.807, 2.05) is 0 Å². The molecule has 0 fully saturated rings. The molecule has 0 saturated carbocycles. The van der Waals surface area contributed by atoms with Crippen molar-refractivity contribution in [2.45, 2.75) is 40.7 Å². The van der Waals surface area contributed by atoms with Gasteiger partial charge in [-0.05, 0) is 30.5 Å². The fourth-order valence-corrected chi connectivity index (χ4v) is 2.27. The van der Waals surface area contributed by atoms with Crippen LogP contribution in [-0.4, -0.2) is 20.6 Å². The summed E-state index contributed by atoms with van der Waals surface area (Å²) < 4.78 is 2.10. The molecular weight excluding hydrogens is 240 g/mol. The molecule has 1 N–H and O–H groups in total. The Kier molecular flexibility index (Phi) is 3.35. The third kappa shape index (κ3) is 2.78. The maximum atomic E-state index is 11.1. The summed E-state index contributed by atoms with van der Waals surface area (Å²) in [5.74, 6) is 0.121. The summed E-state index contributed by atoms with van der Waals surface area (Å²) in [5, 5.41) is 9.07. The van der Waals surface area contributed by atoms with Gasteiger partial charge in [0.2, 0.25) is 0 Å². The molecule has 102 valence electrons. The summed E-state index contributed by atoms with van der Waals surface area (Å²) in [5.41, 5.74) is 2.24. The molecule has 0 aliphatic carbocycles. The zero-order chi connectivity index (χ0) is 14.2. The molecule has 1 aromatic heterocycles. The lowest BCUT2D eigenvalue weighted by molar-refractivity contribution is 0.0697. The fraction of sp³-hybridized carbons (Fsp3) is 0.467. The van der Waals surface area contributed by atoms with Crippen molar-refractivity contribution in [1.29, 1.82) is 0 Å².